The van der Waals surface area contributed by atoms with E-state index in [0.29, 0.717) is 12.3 Å². The van der Waals surface area contributed by atoms with E-state index in [-0.39, 0.29) is 12.0 Å². The van der Waals surface area contributed by atoms with E-state index in [1.54, 1.807) is 6.20 Å². The van der Waals surface area contributed by atoms with E-state index in [1.165, 1.54) is 11.1 Å². The normalized spacial score (nSPS) is 15.5. The van der Waals surface area contributed by atoms with Gasteiger partial charge < -0.3 is 9.64 Å². The third kappa shape index (κ3) is 3.35. The van der Waals surface area contributed by atoms with Gasteiger partial charge in [-0.3, -0.25) is 9.20 Å². The van der Waals surface area contributed by atoms with Gasteiger partial charge in [0, 0.05) is 19.3 Å². The van der Waals surface area contributed by atoms with Crippen LogP contribution in [0.15, 0.2) is 54.9 Å². The number of rotatable bonds is 4. The van der Waals surface area contributed by atoms with E-state index >= 15 is 0 Å². The lowest BCUT2D eigenvalue weighted by molar-refractivity contribution is -0.000689. The monoisotopic (exact) mass is 349 g/mol. The van der Waals surface area contributed by atoms with Gasteiger partial charge in [-0.05, 0) is 43.0 Å². The third-order valence-electron chi connectivity index (χ3n) is 5.10. The second-order valence-corrected chi connectivity index (χ2v) is 6.80. The number of likely N-dealkylation sites (tertiary alicyclic amines) is 1. The number of ether oxygens (including phenoxy) is 1. The van der Waals surface area contributed by atoms with Crippen LogP contribution < -0.4 is 0 Å². The van der Waals surface area contributed by atoms with E-state index in [4.69, 9.17) is 4.74 Å². The molecule has 0 spiro atoms. The first-order valence-electron chi connectivity index (χ1n) is 9.10. The van der Waals surface area contributed by atoms with Crippen LogP contribution in [0.4, 0.5) is 0 Å². The van der Waals surface area contributed by atoms with Gasteiger partial charge in [0.2, 0.25) is 0 Å². The van der Waals surface area contributed by atoms with Crippen LogP contribution in [0.1, 0.15) is 34.5 Å². The molecule has 0 atom stereocenters. The Morgan fingerprint density at radius 1 is 1.15 bits per heavy atom. The Balaban J connectivity index is 1.35. The number of benzene rings is 1. The van der Waals surface area contributed by atoms with Gasteiger partial charge in [-0.15, -0.1) is 0 Å². The zero-order valence-corrected chi connectivity index (χ0v) is 15.0. The van der Waals surface area contributed by atoms with Crippen molar-refractivity contribution in [3.8, 4) is 0 Å². The van der Waals surface area contributed by atoms with Crippen LogP contribution in [0.2, 0.25) is 0 Å². The Morgan fingerprint density at radius 3 is 2.73 bits per heavy atom. The Labute approximate surface area is 153 Å². The van der Waals surface area contributed by atoms with E-state index < -0.39 is 0 Å². The molecule has 2 aromatic heterocycles. The summed E-state index contributed by atoms with van der Waals surface area (Å²) in [4.78, 5) is 19.0. The summed E-state index contributed by atoms with van der Waals surface area (Å²) in [5.41, 5.74) is 3.91. The molecule has 0 saturated carbocycles. The van der Waals surface area contributed by atoms with Crippen LogP contribution >= 0.6 is 0 Å². The molecule has 0 bridgehead atoms. The smallest absolute Gasteiger partial charge is 0.272 e. The molecule has 0 unspecified atom stereocenters. The number of carbonyl (C=O) groups excluding carboxylic acids is 1. The van der Waals surface area contributed by atoms with Crippen molar-refractivity contribution in [1.82, 2.24) is 14.3 Å². The van der Waals surface area contributed by atoms with E-state index in [9.17, 15) is 4.79 Å². The van der Waals surface area contributed by atoms with Gasteiger partial charge in [0.15, 0.2) is 0 Å². The highest BCUT2D eigenvalue weighted by molar-refractivity contribution is 5.93. The Hall–Kier alpha value is -2.66. The highest BCUT2D eigenvalue weighted by Gasteiger charge is 2.25. The van der Waals surface area contributed by atoms with Crippen molar-refractivity contribution in [3.05, 3.63) is 71.7 Å². The van der Waals surface area contributed by atoms with Crippen LogP contribution in [0.3, 0.4) is 0 Å². The van der Waals surface area contributed by atoms with Crippen molar-refractivity contribution in [2.24, 2.45) is 0 Å². The topological polar surface area (TPSA) is 46.8 Å². The van der Waals surface area contributed by atoms with Crippen LogP contribution in [0, 0.1) is 6.92 Å². The van der Waals surface area contributed by atoms with Crippen molar-refractivity contribution >= 4 is 11.6 Å². The van der Waals surface area contributed by atoms with Crippen LogP contribution in [0.25, 0.3) is 5.65 Å². The molecule has 1 aliphatic heterocycles. The fourth-order valence-electron chi connectivity index (χ4n) is 3.46. The summed E-state index contributed by atoms with van der Waals surface area (Å²) in [5.74, 6) is 0.0426. The van der Waals surface area contributed by atoms with Gasteiger partial charge in [-0.2, -0.15) is 0 Å². The van der Waals surface area contributed by atoms with E-state index in [1.807, 2.05) is 45.8 Å². The van der Waals surface area contributed by atoms with Crippen molar-refractivity contribution in [2.45, 2.75) is 32.5 Å². The fraction of sp³-hybridized carbons (Fsp3) is 0.333. The lowest BCUT2D eigenvalue weighted by atomic mass is 10.1. The Morgan fingerprint density at radius 2 is 1.92 bits per heavy atom. The molecule has 0 aliphatic carbocycles. The van der Waals surface area contributed by atoms with Gasteiger partial charge in [0.1, 0.15) is 11.3 Å². The molecule has 1 aliphatic rings. The number of piperidine rings is 1. The quantitative estimate of drug-likeness (QED) is 0.725. The molecule has 1 saturated heterocycles. The fourth-order valence-corrected chi connectivity index (χ4v) is 3.46. The average molecular weight is 349 g/mol. The molecule has 5 heteroatoms. The lowest BCUT2D eigenvalue weighted by Crippen LogP contribution is -2.41. The molecular formula is C21H23N3O2. The second kappa shape index (κ2) is 7.30. The lowest BCUT2D eigenvalue weighted by Gasteiger charge is -2.32. The minimum absolute atomic E-state index is 0.0426. The number of nitrogens with zero attached hydrogens (tertiary/aromatic N) is 3. The summed E-state index contributed by atoms with van der Waals surface area (Å²) < 4.78 is 7.93. The predicted molar refractivity (Wildman–Crippen MR) is 100 cm³/mol. The van der Waals surface area contributed by atoms with Crippen molar-refractivity contribution in [1.29, 1.82) is 0 Å². The SMILES string of the molecule is Cc1ccccc1COC1CCN(C(=O)c2cnc3ccccn23)CC1. The highest BCUT2D eigenvalue weighted by Crippen LogP contribution is 2.19. The molecule has 4 rings (SSSR count). The third-order valence-corrected chi connectivity index (χ3v) is 5.10. The summed E-state index contributed by atoms with van der Waals surface area (Å²) in [5, 5.41) is 0. The average Bonchev–Trinajstić information content (AvgIpc) is 3.11. The number of aromatic nitrogens is 2. The van der Waals surface area contributed by atoms with Crippen LogP contribution in [-0.4, -0.2) is 39.4 Å². The summed E-state index contributed by atoms with van der Waals surface area (Å²) in [6.07, 6.45) is 5.50. The molecule has 1 amide bonds. The number of pyridine rings is 1. The number of hydrogen-bond donors (Lipinski definition) is 0. The number of fused-ring (bicyclic) bond motifs is 1. The Kier molecular flexibility index (Phi) is 4.71. The first-order valence-corrected chi connectivity index (χ1v) is 9.10. The maximum atomic E-state index is 12.8. The van der Waals surface area contributed by atoms with E-state index in [0.717, 1.165) is 31.6 Å². The van der Waals surface area contributed by atoms with Crippen molar-refractivity contribution < 1.29 is 9.53 Å². The van der Waals surface area contributed by atoms with Gasteiger partial charge in [0.05, 0.1) is 18.9 Å². The number of imidazole rings is 1. The number of carbonyl (C=O) groups is 1. The molecule has 3 heterocycles. The first-order chi connectivity index (χ1) is 12.7. The van der Waals surface area contributed by atoms with Crippen LogP contribution in [-0.2, 0) is 11.3 Å². The summed E-state index contributed by atoms with van der Waals surface area (Å²) in [6.45, 7) is 4.18. The standard InChI is InChI=1S/C21H23N3O2/c1-16-6-2-3-7-17(16)15-26-18-9-12-23(13-10-18)21(25)19-14-22-20-8-4-5-11-24(19)20/h2-8,11,14,18H,9-10,12-13,15H2,1H3. The minimum atomic E-state index is 0.0426. The van der Waals surface area contributed by atoms with Gasteiger partial charge in [-0.1, -0.05) is 30.3 Å². The molecule has 26 heavy (non-hydrogen) atoms. The van der Waals surface area contributed by atoms with E-state index in [2.05, 4.69) is 24.0 Å². The number of amides is 1. The molecule has 134 valence electrons. The summed E-state index contributed by atoms with van der Waals surface area (Å²) >= 11 is 0. The van der Waals surface area contributed by atoms with Gasteiger partial charge in [0.25, 0.3) is 5.91 Å². The number of aryl methyl sites for hydroxylation is 1. The molecule has 0 radical (unpaired) electrons. The minimum Gasteiger partial charge on any atom is -0.373 e. The molecular weight excluding hydrogens is 326 g/mol. The van der Waals surface area contributed by atoms with Crippen molar-refractivity contribution in [2.75, 3.05) is 13.1 Å². The van der Waals surface area contributed by atoms with Gasteiger partial charge >= 0.3 is 0 Å². The summed E-state index contributed by atoms with van der Waals surface area (Å²) in [7, 11) is 0. The van der Waals surface area contributed by atoms with Crippen molar-refractivity contribution in [3.63, 3.8) is 0 Å². The molecule has 0 N–H and O–H groups in total. The first kappa shape index (κ1) is 16.8. The Bertz CT molecular complexity index is 910. The molecule has 3 aromatic rings. The second-order valence-electron chi connectivity index (χ2n) is 6.80. The predicted octanol–water partition coefficient (Wildman–Crippen LogP) is 3.46. The maximum absolute atomic E-state index is 12.8. The molecule has 1 fully saturated rings. The van der Waals surface area contributed by atoms with Gasteiger partial charge in [-0.25, -0.2) is 4.98 Å². The van der Waals surface area contributed by atoms with Crippen LogP contribution in [0.5, 0.6) is 0 Å². The molecule has 5 nitrogen and oxygen atoms in total. The zero-order chi connectivity index (χ0) is 17.9. The zero-order valence-electron chi connectivity index (χ0n) is 15.0. The molecule has 1 aromatic carbocycles. The number of hydrogen-bond acceptors (Lipinski definition) is 3. The highest BCUT2D eigenvalue weighted by atomic mass is 16.5. The maximum Gasteiger partial charge on any atom is 0.272 e. The largest absolute Gasteiger partial charge is 0.373 e. The summed E-state index contributed by atoms with van der Waals surface area (Å²) in [6, 6.07) is 14.0.